The number of carbonyl (C=O) groups excluding carboxylic acids is 1. The van der Waals surface area contributed by atoms with Gasteiger partial charge in [0.2, 0.25) is 5.91 Å². The molecule has 0 aromatic heterocycles. The van der Waals surface area contributed by atoms with Gasteiger partial charge < -0.3 is 15.0 Å². The minimum Gasteiger partial charge on any atom is -0.497 e. The summed E-state index contributed by atoms with van der Waals surface area (Å²) < 4.78 is 5.35. The minimum absolute atomic E-state index is 0.206. The lowest BCUT2D eigenvalue weighted by atomic mass is 9.73. The summed E-state index contributed by atoms with van der Waals surface area (Å²) in [5.41, 5.74) is 1.43. The summed E-state index contributed by atoms with van der Waals surface area (Å²) in [7, 11) is 1.73. The van der Waals surface area contributed by atoms with E-state index in [1.165, 1.54) is 31.2 Å². The normalized spacial score (nSPS) is 35.1. The van der Waals surface area contributed by atoms with Crippen LogP contribution in [0.5, 0.6) is 5.75 Å². The molecule has 158 valence electrons. The molecule has 4 aliphatic heterocycles. The Hall–Kier alpha value is -1.59. The summed E-state index contributed by atoms with van der Waals surface area (Å²) >= 11 is 0. The lowest BCUT2D eigenvalue weighted by molar-refractivity contribution is -0.143. The Kier molecular flexibility index (Phi) is 5.53. The van der Waals surface area contributed by atoms with Gasteiger partial charge in [-0.15, -0.1) is 0 Å². The molecule has 5 atom stereocenters. The van der Waals surface area contributed by atoms with Crippen molar-refractivity contribution in [1.82, 2.24) is 15.1 Å². The van der Waals surface area contributed by atoms with Crippen molar-refractivity contribution in [3.8, 4) is 5.75 Å². The second-order valence-electron chi connectivity index (χ2n) is 9.63. The Morgan fingerprint density at radius 2 is 1.93 bits per heavy atom. The maximum atomic E-state index is 13.2. The molecule has 1 N–H and O–H groups in total. The van der Waals surface area contributed by atoms with E-state index in [-0.39, 0.29) is 5.92 Å². The van der Waals surface area contributed by atoms with Crippen LogP contribution in [0.3, 0.4) is 0 Å². The zero-order valence-corrected chi connectivity index (χ0v) is 17.7. The molecule has 2 bridgehead atoms. The first kappa shape index (κ1) is 19.4. The van der Waals surface area contributed by atoms with Gasteiger partial charge >= 0.3 is 0 Å². The van der Waals surface area contributed by atoms with Gasteiger partial charge in [-0.25, -0.2) is 0 Å². The van der Waals surface area contributed by atoms with Crippen LogP contribution in [0.2, 0.25) is 0 Å². The van der Waals surface area contributed by atoms with Crippen LogP contribution in [0, 0.1) is 17.8 Å². The van der Waals surface area contributed by atoms with E-state index >= 15 is 0 Å². The number of carbonyl (C=O) groups is 1. The van der Waals surface area contributed by atoms with Gasteiger partial charge in [-0.1, -0.05) is 12.1 Å². The van der Waals surface area contributed by atoms with Crippen molar-refractivity contribution in [2.24, 2.45) is 17.8 Å². The van der Waals surface area contributed by atoms with E-state index in [2.05, 4.69) is 39.4 Å². The fourth-order valence-corrected chi connectivity index (χ4v) is 6.49. The SMILES string of the molecule is COc1ccc([C@H]2CCC[C@H]3[C@@H]4C[C@@H](CN(C(=O)[C@@H]5CCCNC5)C4)CN23)cc1. The van der Waals surface area contributed by atoms with Gasteiger partial charge in [-0.2, -0.15) is 0 Å². The largest absolute Gasteiger partial charge is 0.497 e. The Balaban J connectivity index is 1.30. The number of rotatable bonds is 3. The molecule has 0 radical (unpaired) electrons. The Labute approximate surface area is 174 Å². The second kappa shape index (κ2) is 8.27. The van der Waals surface area contributed by atoms with E-state index in [0.717, 1.165) is 51.3 Å². The van der Waals surface area contributed by atoms with E-state index in [0.29, 0.717) is 29.8 Å². The van der Waals surface area contributed by atoms with Crippen LogP contribution < -0.4 is 10.1 Å². The van der Waals surface area contributed by atoms with E-state index in [9.17, 15) is 4.79 Å². The molecule has 1 aromatic rings. The first-order valence-electron chi connectivity index (χ1n) is 11.6. The summed E-state index contributed by atoms with van der Waals surface area (Å²) in [5.74, 6) is 2.83. The standard InChI is InChI=1S/C24H35N3O2/c1-29-21-9-7-18(8-10-21)22-5-2-6-23-20-12-17(15-27(22)23)14-26(16-20)24(28)19-4-3-11-25-13-19/h7-10,17,19-20,22-23,25H,2-6,11-16H2,1H3/t17-,19+,20+,22+,23-/m0/s1. The third kappa shape index (κ3) is 3.79. The second-order valence-corrected chi connectivity index (χ2v) is 9.63. The third-order valence-electron chi connectivity index (χ3n) is 7.84. The van der Waals surface area contributed by atoms with Crippen molar-refractivity contribution in [3.05, 3.63) is 29.8 Å². The molecular weight excluding hydrogens is 362 g/mol. The van der Waals surface area contributed by atoms with Gasteiger partial charge in [0, 0.05) is 38.3 Å². The molecule has 0 spiro atoms. The number of ether oxygens (including phenoxy) is 1. The number of benzene rings is 1. The molecule has 0 aliphatic carbocycles. The first-order chi connectivity index (χ1) is 14.2. The van der Waals surface area contributed by atoms with Crippen LogP contribution in [0.25, 0.3) is 0 Å². The van der Waals surface area contributed by atoms with Gasteiger partial charge in [0.1, 0.15) is 5.75 Å². The summed E-state index contributed by atoms with van der Waals surface area (Å²) in [6, 6.07) is 9.86. The number of hydrogen-bond acceptors (Lipinski definition) is 4. The number of piperidine rings is 4. The van der Waals surface area contributed by atoms with Crippen molar-refractivity contribution in [1.29, 1.82) is 0 Å². The first-order valence-corrected chi connectivity index (χ1v) is 11.6. The molecule has 0 saturated carbocycles. The number of likely N-dealkylation sites (tertiary alicyclic amines) is 1. The molecule has 5 rings (SSSR count). The lowest BCUT2D eigenvalue weighted by Crippen LogP contribution is -2.61. The van der Waals surface area contributed by atoms with E-state index in [4.69, 9.17) is 4.74 Å². The van der Waals surface area contributed by atoms with Crippen LogP contribution in [0.1, 0.15) is 50.1 Å². The van der Waals surface area contributed by atoms with Crippen LogP contribution in [0.15, 0.2) is 24.3 Å². The number of hydrogen-bond donors (Lipinski definition) is 1. The lowest BCUT2D eigenvalue weighted by Gasteiger charge is -2.55. The Bertz CT molecular complexity index is 715. The van der Waals surface area contributed by atoms with Gasteiger partial charge in [0.05, 0.1) is 13.0 Å². The predicted octanol–water partition coefficient (Wildman–Crippen LogP) is 3.07. The fraction of sp³-hybridized carbons (Fsp3) is 0.708. The molecule has 4 heterocycles. The number of methoxy groups -OCH3 is 1. The average Bonchev–Trinajstić information content (AvgIpc) is 2.79. The molecular formula is C24H35N3O2. The van der Waals surface area contributed by atoms with Gasteiger partial charge in [-0.05, 0) is 74.6 Å². The molecule has 1 aromatic carbocycles. The van der Waals surface area contributed by atoms with Crippen molar-refractivity contribution in [3.63, 3.8) is 0 Å². The van der Waals surface area contributed by atoms with Crippen molar-refractivity contribution in [2.45, 2.75) is 50.6 Å². The zero-order valence-electron chi connectivity index (χ0n) is 17.7. The smallest absolute Gasteiger partial charge is 0.226 e. The number of nitrogens with one attached hydrogen (secondary N) is 1. The molecule has 4 fully saturated rings. The average molecular weight is 398 g/mol. The maximum absolute atomic E-state index is 13.2. The molecule has 5 heteroatoms. The highest BCUT2D eigenvalue weighted by molar-refractivity contribution is 5.79. The highest BCUT2D eigenvalue weighted by Crippen LogP contribution is 2.44. The topological polar surface area (TPSA) is 44.8 Å². The molecule has 4 saturated heterocycles. The van der Waals surface area contributed by atoms with Gasteiger partial charge in [0.15, 0.2) is 0 Å². The molecule has 1 amide bonds. The highest BCUT2D eigenvalue weighted by Gasteiger charge is 2.46. The van der Waals surface area contributed by atoms with E-state index < -0.39 is 0 Å². The van der Waals surface area contributed by atoms with Crippen molar-refractivity contribution in [2.75, 3.05) is 39.8 Å². The quantitative estimate of drug-likeness (QED) is 0.851. The summed E-state index contributed by atoms with van der Waals surface area (Å²) in [6.07, 6.45) is 7.34. The summed E-state index contributed by atoms with van der Waals surface area (Å²) in [6.45, 7) is 5.02. The number of nitrogens with zero attached hydrogens (tertiary/aromatic N) is 2. The van der Waals surface area contributed by atoms with Crippen LogP contribution in [-0.2, 0) is 4.79 Å². The predicted molar refractivity (Wildman–Crippen MR) is 114 cm³/mol. The molecule has 29 heavy (non-hydrogen) atoms. The van der Waals surface area contributed by atoms with Crippen molar-refractivity contribution < 1.29 is 9.53 Å². The van der Waals surface area contributed by atoms with E-state index in [1.807, 2.05) is 0 Å². The highest BCUT2D eigenvalue weighted by atomic mass is 16.5. The Morgan fingerprint density at radius 3 is 2.69 bits per heavy atom. The van der Waals surface area contributed by atoms with Crippen LogP contribution >= 0.6 is 0 Å². The fourth-order valence-electron chi connectivity index (χ4n) is 6.49. The third-order valence-corrected chi connectivity index (χ3v) is 7.84. The molecule has 4 aliphatic rings. The monoisotopic (exact) mass is 397 g/mol. The molecule has 5 nitrogen and oxygen atoms in total. The van der Waals surface area contributed by atoms with Crippen LogP contribution in [0.4, 0.5) is 0 Å². The van der Waals surface area contributed by atoms with E-state index in [1.54, 1.807) is 7.11 Å². The molecule has 0 unspecified atom stereocenters. The minimum atomic E-state index is 0.206. The number of amides is 1. The maximum Gasteiger partial charge on any atom is 0.226 e. The summed E-state index contributed by atoms with van der Waals surface area (Å²) in [4.78, 5) is 18.2. The van der Waals surface area contributed by atoms with Crippen LogP contribution in [-0.4, -0.2) is 61.6 Å². The van der Waals surface area contributed by atoms with Crippen molar-refractivity contribution >= 4 is 5.91 Å². The zero-order chi connectivity index (χ0) is 19.8. The number of fused-ring (bicyclic) bond motifs is 4. The Morgan fingerprint density at radius 1 is 1.07 bits per heavy atom. The van der Waals surface area contributed by atoms with Gasteiger partial charge in [-0.3, -0.25) is 9.69 Å². The summed E-state index contributed by atoms with van der Waals surface area (Å²) in [5, 5.41) is 3.42. The van der Waals surface area contributed by atoms with Gasteiger partial charge in [0.25, 0.3) is 0 Å².